The number of hydrogen-bond donors (Lipinski definition) is 5. The van der Waals surface area contributed by atoms with Gasteiger partial charge in [-0.15, -0.1) is 0 Å². The highest BCUT2D eigenvalue weighted by molar-refractivity contribution is 5.85. The molecule has 4 rings (SSSR count). The molecule has 1 aromatic heterocycles. The third-order valence-electron chi connectivity index (χ3n) is 6.07. The molecule has 2 aromatic carbocycles. The summed E-state index contributed by atoms with van der Waals surface area (Å²) in [7, 11) is 0. The van der Waals surface area contributed by atoms with E-state index < -0.39 is 0 Å². The molecule has 1 fully saturated rings. The van der Waals surface area contributed by atoms with E-state index >= 15 is 0 Å². The van der Waals surface area contributed by atoms with Gasteiger partial charge in [-0.2, -0.15) is 0 Å². The highest BCUT2D eigenvalue weighted by atomic mass is 16.5. The molecule has 6 heteroatoms. The van der Waals surface area contributed by atoms with E-state index in [2.05, 4.69) is 63.8 Å². The van der Waals surface area contributed by atoms with Gasteiger partial charge in [-0.3, -0.25) is 0 Å². The molecule has 0 unspecified atom stereocenters. The Balaban J connectivity index is 1.45. The Kier molecular flexibility index (Phi) is 7.37. The number of ether oxygens (including phenoxy) is 1. The average Bonchev–Trinajstić information content (AvgIpc) is 3.26. The molecule has 0 aliphatic carbocycles. The number of fused-ring (bicyclic) bond motifs is 1. The first-order chi connectivity index (χ1) is 14.8. The molecule has 9 N–H and O–H groups in total. The molecule has 160 valence electrons. The minimum absolute atomic E-state index is 0.736. The standard InChI is InChI=1S/C24H33N5O/c25-7-1-15-30-24-5-3-20(19-2-4-23-21(16-19)6-8-28-23)17-22(24)18-27-11-14-29-12-9-26-10-13-29/h2-6,8,16-17,26-28H,1,7,9-15,18,25H2/p+4. The molecule has 1 saturated heterocycles. The number of benzene rings is 2. The zero-order valence-electron chi connectivity index (χ0n) is 18.0. The van der Waals surface area contributed by atoms with Crippen molar-refractivity contribution in [3.63, 3.8) is 0 Å². The van der Waals surface area contributed by atoms with E-state index in [1.54, 1.807) is 4.90 Å². The molecular formula is C24H37N5O+4. The Labute approximate surface area is 178 Å². The van der Waals surface area contributed by atoms with Gasteiger partial charge in [-0.1, -0.05) is 12.1 Å². The van der Waals surface area contributed by atoms with Crippen molar-refractivity contribution in [3.8, 4) is 16.9 Å². The number of hydrogen-bond acceptors (Lipinski definition) is 1. The third-order valence-corrected chi connectivity index (χ3v) is 6.07. The number of quaternary nitrogens is 4. The molecule has 1 aliphatic rings. The third kappa shape index (κ3) is 5.40. The Morgan fingerprint density at radius 2 is 1.90 bits per heavy atom. The van der Waals surface area contributed by atoms with Crippen LogP contribution in [0.25, 0.3) is 22.0 Å². The molecule has 0 saturated carbocycles. The fraction of sp³-hybridized carbons (Fsp3) is 0.417. The number of aromatic nitrogens is 1. The van der Waals surface area contributed by atoms with Crippen LogP contribution in [0.3, 0.4) is 0 Å². The van der Waals surface area contributed by atoms with Gasteiger partial charge in [0.05, 0.1) is 13.2 Å². The molecule has 3 aromatic rings. The first-order valence-corrected chi connectivity index (χ1v) is 11.4. The van der Waals surface area contributed by atoms with Crippen LogP contribution in [0.2, 0.25) is 0 Å². The smallest absolute Gasteiger partial charge is 0.128 e. The Morgan fingerprint density at radius 3 is 2.77 bits per heavy atom. The normalized spacial score (nSPS) is 15.0. The summed E-state index contributed by atoms with van der Waals surface area (Å²) in [6, 6.07) is 15.4. The van der Waals surface area contributed by atoms with Crippen molar-refractivity contribution < 1.29 is 26.0 Å². The molecular weight excluding hydrogens is 374 g/mol. The lowest BCUT2D eigenvalue weighted by Gasteiger charge is -2.21. The number of piperazine rings is 1. The van der Waals surface area contributed by atoms with Crippen LogP contribution in [0.4, 0.5) is 0 Å². The molecule has 30 heavy (non-hydrogen) atoms. The van der Waals surface area contributed by atoms with E-state index in [1.165, 1.54) is 60.3 Å². The number of H-pyrrole nitrogens is 1. The lowest BCUT2D eigenvalue weighted by molar-refractivity contribution is -0.955. The van der Waals surface area contributed by atoms with Gasteiger partial charge in [0.25, 0.3) is 0 Å². The summed E-state index contributed by atoms with van der Waals surface area (Å²) >= 11 is 0. The molecule has 0 atom stereocenters. The van der Waals surface area contributed by atoms with Crippen LogP contribution in [-0.4, -0.2) is 57.4 Å². The number of aromatic amines is 1. The van der Waals surface area contributed by atoms with Gasteiger partial charge in [0.15, 0.2) is 0 Å². The van der Waals surface area contributed by atoms with Gasteiger partial charge in [0.2, 0.25) is 0 Å². The lowest BCUT2D eigenvalue weighted by atomic mass is 10.0. The zero-order chi connectivity index (χ0) is 20.6. The van der Waals surface area contributed by atoms with Gasteiger partial charge >= 0.3 is 0 Å². The molecule has 0 spiro atoms. The van der Waals surface area contributed by atoms with Crippen LogP contribution in [0.5, 0.6) is 5.75 Å². The maximum atomic E-state index is 6.10. The summed E-state index contributed by atoms with van der Waals surface area (Å²) in [4.78, 5) is 5.02. The van der Waals surface area contributed by atoms with Crippen molar-refractivity contribution in [1.29, 1.82) is 0 Å². The monoisotopic (exact) mass is 411 g/mol. The maximum Gasteiger partial charge on any atom is 0.128 e. The second-order valence-electron chi connectivity index (χ2n) is 8.31. The largest absolute Gasteiger partial charge is 0.493 e. The second kappa shape index (κ2) is 10.6. The van der Waals surface area contributed by atoms with E-state index in [-0.39, 0.29) is 0 Å². The zero-order valence-corrected chi connectivity index (χ0v) is 18.0. The predicted molar refractivity (Wildman–Crippen MR) is 119 cm³/mol. The van der Waals surface area contributed by atoms with Crippen molar-refractivity contribution in [2.45, 2.75) is 13.0 Å². The van der Waals surface area contributed by atoms with Crippen LogP contribution in [0.1, 0.15) is 12.0 Å². The number of nitrogens with one attached hydrogen (secondary N) is 2. The van der Waals surface area contributed by atoms with E-state index in [4.69, 9.17) is 4.74 Å². The van der Waals surface area contributed by atoms with Crippen LogP contribution in [-0.2, 0) is 6.54 Å². The number of rotatable bonds is 10. The van der Waals surface area contributed by atoms with Crippen molar-refractivity contribution >= 4 is 10.9 Å². The highest BCUT2D eigenvalue weighted by Gasteiger charge is 2.16. The molecule has 0 amide bonds. The van der Waals surface area contributed by atoms with Crippen LogP contribution < -0.4 is 26.0 Å². The average molecular weight is 412 g/mol. The highest BCUT2D eigenvalue weighted by Crippen LogP contribution is 2.28. The summed E-state index contributed by atoms with van der Waals surface area (Å²) < 4.78 is 6.10. The molecule has 2 heterocycles. The Morgan fingerprint density at radius 1 is 1.07 bits per heavy atom. The minimum Gasteiger partial charge on any atom is -0.493 e. The van der Waals surface area contributed by atoms with Crippen molar-refractivity contribution in [1.82, 2.24) is 4.98 Å². The van der Waals surface area contributed by atoms with E-state index in [0.717, 1.165) is 38.4 Å². The second-order valence-corrected chi connectivity index (χ2v) is 8.31. The maximum absolute atomic E-state index is 6.10. The summed E-state index contributed by atoms with van der Waals surface area (Å²) in [6.45, 7) is 10.1. The molecule has 6 nitrogen and oxygen atoms in total. The Hall–Kier alpha value is -2.38. The molecule has 0 radical (unpaired) electrons. The Bertz CT molecular complexity index is 932. The van der Waals surface area contributed by atoms with Gasteiger partial charge in [-0.25, -0.2) is 0 Å². The summed E-state index contributed by atoms with van der Waals surface area (Å²) in [6.07, 6.45) is 2.99. The van der Waals surface area contributed by atoms with E-state index in [9.17, 15) is 0 Å². The topological polar surface area (TPSA) is 90.3 Å². The SMILES string of the molecule is [NH3+]CCCOc1ccc(-c2ccc3[nH]ccc3c2)cc1C[NH2+]CC[NH+]1CC[NH2+]CC1. The number of nitrogens with two attached hydrogens (primary N) is 2. The predicted octanol–water partition coefficient (Wildman–Crippen LogP) is -1.63. The summed E-state index contributed by atoms with van der Waals surface area (Å²) in [5, 5.41) is 6.12. The van der Waals surface area contributed by atoms with Crippen LogP contribution in [0.15, 0.2) is 48.7 Å². The quantitative estimate of drug-likeness (QED) is 0.255. The van der Waals surface area contributed by atoms with Gasteiger partial charge in [0, 0.05) is 23.7 Å². The molecule has 0 bridgehead atoms. The van der Waals surface area contributed by atoms with Gasteiger partial charge in [-0.05, 0) is 46.8 Å². The van der Waals surface area contributed by atoms with E-state index in [1.807, 2.05) is 6.20 Å². The summed E-state index contributed by atoms with van der Waals surface area (Å²) in [5.74, 6) is 1.02. The lowest BCUT2D eigenvalue weighted by Crippen LogP contribution is -3.21. The molecule has 1 aliphatic heterocycles. The van der Waals surface area contributed by atoms with Gasteiger partial charge < -0.3 is 31.0 Å². The fourth-order valence-electron chi connectivity index (χ4n) is 4.27. The van der Waals surface area contributed by atoms with Crippen molar-refractivity contribution in [2.24, 2.45) is 0 Å². The minimum atomic E-state index is 0.736. The first-order valence-electron chi connectivity index (χ1n) is 11.4. The van der Waals surface area contributed by atoms with Crippen molar-refractivity contribution in [3.05, 3.63) is 54.2 Å². The first kappa shape index (κ1) is 20.9. The van der Waals surface area contributed by atoms with Crippen LogP contribution in [0, 0.1) is 0 Å². The van der Waals surface area contributed by atoms with Crippen molar-refractivity contribution in [2.75, 3.05) is 52.4 Å². The fourth-order valence-corrected chi connectivity index (χ4v) is 4.27. The van der Waals surface area contributed by atoms with Gasteiger partial charge in [0.1, 0.15) is 51.6 Å². The van der Waals surface area contributed by atoms with E-state index in [0.29, 0.717) is 0 Å². The van der Waals surface area contributed by atoms with Crippen LogP contribution >= 0.6 is 0 Å². The summed E-state index contributed by atoms with van der Waals surface area (Å²) in [5.41, 5.74) is 8.89.